The van der Waals surface area contributed by atoms with Crippen LogP contribution in [0.2, 0.25) is 0 Å². The Morgan fingerprint density at radius 2 is 1.56 bits per heavy atom. The molecule has 0 atom stereocenters. The van der Waals surface area contributed by atoms with Crippen LogP contribution in [0.1, 0.15) is 30.9 Å². The van der Waals surface area contributed by atoms with Crippen molar-refractivity contribution in [3.05, 3.63) is 83.9 Å². The SMILES string of the molecule is COc1ccc(N(C(=O)COc2ccccc2C(C)C)S(=O)(=O)c2ccc(C)cc2)cc1. The van der Waals surface area contributed by atoms with Crippen molar-refractivity contribution >= 4 is 21.6 Å². The Hall–Kier alpha value is -3.32. The smallest absolute Gasteiger partial charge is 0.278 e. The number of hydrogen-bond acceptors (Lipinski definition) is 5. The van der Waals surface area contributed by atoms with Crippen molar-refractivity contribution in [3.63, 3.8) is 0 Å². The molecule has 3 aromatic carbocycles. The number of sulfonamides is 1. The Bertz CT molecular complexity index is 1170. The monoisotopic (exact) mass is 453 g/mol. The van der Waals surface area contributed by atoms with Gasteiger partial charge >= 0.3 is 0 Å². The Labute approximate surface area is 189 Å². The first-order chi connectivity index (χ1) is 15.2. The number of rotatable bonds is 8. The van der Waals surface area contributed by atoms with Crippen molar-refractivity contribution in [2.45, 2.75) is 31.6 Å². The Morgan fingerprint density at radius 3 is 2.16 bits per heavy atom. The lowest BCUT2D eigenvalue weighted by Crippen LogP contribution is -2.40. The fourth-order valence-corrected chi connectivity index (χ4v) is 4.65. The zero-order valence-corrected chi connectivity index (χ0v) is 19.4. The number of nitrogens with zero attached hydrogens (tertiary/aromatic N) is 1. The van der Waals surface area contributed by atoms with E-state index in [0.717, 1.165) is 15.4 Å². The van der Waals surface area contributed by atoms with Crippen molar-refractivity contribution in [2.75, 3.05) is 18.0 Å². The summed E-state index contributed by atoms with van der Waals surface area (Å²) in [4.78, 5) is 13.3. The molecule has 1 amide bonds. The van der Waals surface area contributed by atoms with Gasteiger partial charge in [0.2, 0.25) is 0 Å². The van der Waals surface area contributed by atoms with Gasteiger partial charge < -0.3 is 9.47 Å². The number of methoxy groups -OCH3 is 1. The molecule has 0 aliphatic carbocycles. The number of aryl methyl sites for hydroxylation is 1. The third-order valence-electron chi connectivity index (χ3n) is 4.98. The molecule has 6 nitrogen and oxygen atoms in total. The predicted octanol–water partition coefficient (Wildman–Crippen LogP) is 4.93. The lowest BCUT2D eigenvalue weighted by atomic mass is 10.0. The maximum Gasteiger partial charge on any atom is 0.278 e. The summed E-state index contributed by atoms with van der Waals surface area (Å²) in [5, 5.41) is 0. The number of para-hydroxylation sites is 1. The molecule has 0 aliphatic heterocycles. The van der Waals surface area contributed by atoms with Crippen LogP contribution >= 0.6 is 0 Å². The van der Waals surface area contributed by atoms with Crippen molar-refractivity contribution in [1.29, 1.82) is 0 Å². The summed E-state index contributed by atoms with van der Waals surface area (Å²) in [5.41, 5.74) is 2.06. The molecule has 0 saturated carbocycles. The van der Waals surface area contributed by atoms with Gasteiger partial charge in [-0.15, -0.1) is 0 Å². The summed E-state index contributed by atoms with van der Waals surface area (Å²) in [6.45, 7) is 5.48. The van der Waals surface area contributed by atoms with Crippen LogP contribution in [-0.4, -0.2) is 28.0 Å². The van der Waals surface area contributed by atoms with Crippen LogP contribution in [-0.2, 0) is 14.8 Å². The van der Waals surface area contributed by atoms with E-state index in [2.05, 4.69) is 0 Å². The standard InChI is InChI=1S/C25H27NO5S/c1-18(2)23-7-5-6-8-24(23)31-17-25(27)26(20-11-13-21(30-4)14-12-20)32(28,29)22-15-9-19(3)10-16-22/h5-16,18H,17H2,1-4H3. The van der Waals surface area contributed by atoms with Crippen LogP contribution in [0.25, 0.3) is 0 Å². The Morgan fingerprint density at radius 1 is 0.938 bits per heavy atom. The second-order valence-electron chi connectivity index (χ2n) is 7.66. The predicted molar refractivity (Wildman–Crippen MR) is 125 cm³/mol. The van der Waals surface area contributed by atoms with Gasteiger partial charge in [-0.2, -0.15) is 4.31 Å². The molecule has 3 rings (SSSR count). The Balaban J connectivity index is 1.96. The molecular weight excluding hydrogens is 426 g/mol. The van der Waals surface area contributed by atoms with Gasteiger partial charge in [-0.05, 0) is 60.9 Å². The van der Waals surface area contributed by atoms with Gasteiger partial charge in [0.1, 0.15) is 11.5 Å². The lowest BCUT2D eigenvalue weighted by Gasteiger charge is -2.23. The second-order valence-corrected chi connectivity index (χ2v) is 9.44. The van der Waals surface area contributed by atoms with Gasteiger partial charge in [-0.1, -0.05) is 49.7 Å². The van der Waals surface area contributed by atoms with Crippen molar-refractivity contribution in [2.24, 2.45) is 0 Å². The highest BCUT2D eigenvalue weighted by Gasteiger charge is 2.31. The van der Waals surface area contributed by atoms with Gasteiger partial charge in [-0.3, -0.25) is 4.79 Å². The number of benzene rings is 3. The molecule has 32 heavy (non-hydrogen) atoms. The third kappa shape index (κ3) is 5.11. The van der Waals surface area contributed by atoms with E-state index in [-0.39, 0.29) is 16.5 Å². The van der Waals surface area contributed by atoms with Crippen LogP contribution in [0.4, 0.5) is 5.69 Å². The molecule has 0 heterocycles. The van der Waals surface area contributed by atoms with Gasteiger partial charge in [0.25, 0.3) is 15.9 Å². The van der Waals surface area contributed by atoms with Crippen molar-refractivity contribution in [3.8, 4) is 11.5 Å². The molecule has 0 saturated heterocycles. The lowest BCUT2D eigenvalue weighted by molar-refractivity contribution is -0.119. The molecule has 0 fully saturated rings. The van der Waals surface area contributed by atoms with E-state index in [4.69, 9.17) is 9.47 Å². The summed E-state index contributed by atoms with van der Waals surface area (Å²) < 4.78 is 38.6. The zero-order valence-electron chi connectivity index (χ0n) is 18.6. The number of hydrogen-bond donors (Lipinski definition) is 0. The first-order valence-electron chi connectivity index (χ1n) is 10.2. The molecule has 0 aliphatic rings. The zero-order chi connectivity index (χ0) is 23.3. The highest BCUT2D eigenvalue weighted by atomic mass is 32.2. The number of amides is 1. The summed E-state index contributed by atoms with van der Waals surface area (Å²) >= 11 is 0. The average molecular weight is 454 g/mol. The maximum atomic E-state index is 13.4. The molecule has 0 radical (unpaired) electrons. The maximum absolute atomic E-state index is 13.4. The van der Waals surface area contributed by atoms with Crippen LogP contribution in [0.5, 0.6) is 11.5 Å². The highest BCUT2D eigenvalue weighted by Crippen LogP contribution is 2.28. The van der Waals surface area contributed by atoms with Gasteiger partial charge in [0.05, 0.1) is 17.7 Å². The first-order valence-corrected chi connectivity index (χ1v) is 11.7. The van der Waals surface area contributed by atoms with Crippen LogP contribution in [0.15, 0.2) is 77.7 Å². The van der Waals surface area contributed by atoms with E-state index in [0.29, 0.717) is 11.5 Å². The molecule has 0 N–H and O–H groups in total. The summed E-state index contributed by atoms with van der Waals surface area (Å²) in [7, 11) is -2.64. The van der Waals surface area contributed by atoms with Crippen LogP contribution < -0.4 is 13.8 Å². The normalized spacial score (nSPS) is 11.3. The second kappa shape index (κ2) is 9.87. The molecule has 0 bridgehead atoms. The molecule has 7 heteroatoms. The number of carbonyl (C=O) groups is 1. The van der Waals surface area contributed by atoms with Crippen LogP contribution in [0, 0.1) is 6.92 Å². The summed E-state index contributed by atoms with van der Waals surface area (Å²) in [6, 6.07) is 20.1. The van der Waals surface area contributed by atoms with Gasteiger partial charge in [0, 0.05) is 0 Å². The highest BCUT2D eigenvalue weighted by molar-refractivity contribution is 7.93. The first kappa shape index (κ1) is 23.3. The molecule has 3 aromatic rings. The Kier molecular flexibility index (Phi) is 7.20. The van der Waals surface area contributed by atoms with E-state index in [1.165, 1.54) is 31.4 Å². The third-order valence-corrected chi connectivity index (χ3v) is 6.75. The van der Waals surface area contributed by atoms with Crippen LogP contribution in [0.3, 0.4) is 0 Å². The van der Waals surface area contributed by atoms with E-state index in [1.54, 1.807) is 30.3 Å². The fraction of sp³-hybridized carbons (Fsp3) is 0.240. The number of anilines is 1. The molecule has 0 aromatic heterocycles. The topological polar surface area (TPSA) is 72.9 Å². The summed E-state index contributed by atoms with van der Waals surface area (Å²) in [5.74, 6) is 0.596. The van der Waals surface area contributed by atoms with Crippen molar-refractivity contribution in [1.82, 2.24) is 0 Å². The summed E-state index contributed by atoms with van der Waals surface area (Å²) in [6.07, 6.45) is 0. The van der Waals surface area contributed by atoms with Crippen molar-refractivity contribution < 1.29 is 22.7 Å². The van der Waals surface area contributed by atoms with E-state index >= 15 is 0 Å². The largest absolute Gasteiger partial charge is 0.497 e. The minimum Gasteiger partial charge on any atom is -0.497 e. The minimum absolute atomic E-state index is 0.0230. The fourth-order valence-electron chi connectivity index (χ4n) is 3.24. The van der Waals surface area contributed by atoms with Gasteiger partial charge in [-0.25, -0.2) is 8.42 Å². The molecule has 0 spiro atoms. The number of ether oxygens (including phenoxy) is 2. The average Bonchev–Trinajstić information content (AvgIpc) is 2.78. The minimum atomic E-state index is -4.16. The number of carbonyl (C=O) groups excluding carboxylic acids is 1. The van der Waals surface area contributed by atoms with Gasteiger partial charge in [0.15, 0.2) is 6.61 Å². The van der Waals surface area contributed by atoms with E-state index in [1.807, 2.05) is 39.0 Å². The van der Waals surface area contributed by atoms with E-state index in [9.17, 15) is 13.2 Å². The molecule has 0 unspecified atom stereocenters. The molecule has 168 valence electrons. The molecular formula is C25H27NO5S. The quantitative estimate of drug-likeness (QED) is 0.484. The van der Waals surface area contributed by atoms with E-state index < -0.39 is 22.5 Å².